The number of esters is 1. The lowest BCUT2D eigenvalue weighted by Gasteiger charge is -2.01. The van der Waals surface area contributed by atoms with Gasteiger partial charge in [0, 0.05) is 6.42 Å². The number of ether oxygens (including phenoxy) is 1. The van der Waals surface area contributed by atoms with Gasteiger partial charge in [-0.15, -0.1) is 12.4 Å². The molecule has 0 aromatic heterocycles. The molecule has 0 saturated heterocycles. The smallest absolute Gasteiger partial charge is 0.305 e. The molecule has 23 heavy (non-hydrogen) atoms. The van der Waals surface area contributed by atoms with Crippen LogP contribution in [0.15, 0.2) is 12.2 Å². The van der Waals surface area contributed by atoms with Crippen LogP contribution in [-0.2, 0) is 9.53 Å². The van der Waals surface area contributed by atoms with Gasteiger partial charge in [-0.05, 0) is 39.0 Å². The number of rotatable bonds is 16. The molecule has 0 saturated carbocycles. The van der Waals surface area contributed by atoms with Crippen molar-refractivity contribution in [3.05, 3.63) is 12.2 Å². The van der Waals surface area contributed by atoms with Crippen molar-refractivity contribution in [2.45, 2.75) is 104 Å². The first kappa shape index (κ1) is 24.7. The fourth-order valence-electron chi connectivity index (χ4n) is 2.57. The maximum atomic E-state index is 11.1. The lowest BCUT2D eigenvalue weighted by molar-refractivity contribution is -0.143. The van der Waals surface area contributed by atoms with E-state index >= 15 is 0 Å². The number of hydrogen-bond acceptors (Lipinski definition) is 2. The molecule has 0 atom stereocenters. The zero-order valence-electron chi connectivity index (χ0n) is 15.5. The van der Waals surface area contributed by atoms with Gasteiger partial charge in [-0.2, -0.15) is 0 Å². The molecule has 0 rings (SSSR count). The molecule has 0 aromatic rings. The van der Waals surface area contributed by atoms with Gasteiger partial charge in [0.2, 0.25) is 0 Å². The van der Waals surface area contributed by atoms with E-state index in [0.717, 1.165) is 12.8 Å². The number of hydrogen-bond donors (Lipinski definition) is 0. The molecule has 2 nitrogen and oxygen atoms in total. The van der Waals surface area contributed by atoms with Gasteiger partial charge in [0.15, 0.2) is 0 Å². The van der Waals surface area contributed by atoms with Crippen LogP contribution >= 0.6 is 12.4 Å². The molecule has 0 aliphatic heterocycles. The summed E-state index contributed by atoms with van der Waals surface area (Å²) in [4.78, 5) is 11.1. The number of carbonyl (C=O) groups excluding carboxylic acids is 1. The minimum Gasteiger partial charge on any atom is -0.466 e. The monoisotopic (exact) mass is 346 g/mol. The molecule has 0 bridgehead atoms. The van der Waals surface area contributed by atoms with E-state index in [2.05, 4.69) is 19.1 Å². The van der Waals surface area contributed by atoms with E-state index in [1.807, 2.05) is 6.92 Å². The molecule has 0 aromatic carbocycles. The molecule has 0 N–H and O–H groups in total. The van der Waals surface area contributed by atoms with Crippen molar-refractivity contribution in [1.29, 1.82) is 0 Å². The highest BCUT2D eigenvalue weighted by Crippen LogP contribution is 2.10. The van der Waals surface area contributed by atoms with Crippen molar-refractivity contribution in [3.63, 3.8) is 0 Å². The Morgan fingerprint density at radius 2 is 1.22 bits per heavy atom. The van der Waals surface area contributed by atoms with Crippen LogP contribution in [0.4, 0.5) is 0 Å². The first-order valence-electron chi connectivity index (χ1n) is 9.61. The van der Waals surface area contributed by atoms with Gasteiger partial charge < -0.3 is 4.74 Å². The fourth-order valence-corrected chi connectivity index (χ4v) is 2.57. The van der Waals surface area contributed by atoms with Crippen molar-refractivity contribution in [2.24, 2.45) is 0 Å². The second-order valence-electron chi connectivity index (χ2n) is 6.14. The molecule has 0 heterocycles. The SMILES string of the molecule is CCCCCCCC/C=C\CCCCCCCC(=O)OCC.Cl. The number of halogens is 1. The van der Waals surface area contributed by atoms with Crippen molar-refractivity contribution in [2.75, 3.05) is 6.61 Å². The van der Waals surface area contributed by atoms with E-state index in [1.165, 1.54) is 70.6 Å². The van der Waals surface area contributed by atoms with Gasteiger partial charge in [-0.1, -0.05) is 70.4 Å². The maximum Gasteiger partial charge on any atom is 0.305 e. The predicted octanol–water partition coefficient (Wildman–Crippen LogP) is 7.01. The Morgan fingerprint density at radius 1 is 0.739 bits per heavy atom. The highest BCUT2D eigenvalue weighted by atomic mass is 35.5. The van der Waals surface area contributed by atoms with E-state index in [0.29, 0.717) is 13.0 Å². The first-order chi connectivity index (χ1) is 10.8. The fraction of sp³-hybridized carbons (Fsp3) is 0.850. The largest absolute Gasteiger partial charge is 0.466 e. The summed E-state index contributed by atoms with van der Waals surface area (Å²) in [6.07, 6.45) is 22.0. The molecule has 0 aliphatic carbocycles. The Labute approximate surface area is 150 Å². The molecule has 0 unspecified atom stereocenters. The van der Waals surface area contributed by atoms with E-state index in [-0.39, 0.29) is 18.4 Å². The lowest BCUT2D eigenvalue weighted by Crippen LogP contribution is -2.03. The predicted molar refractivity (Wildman–Crippen MR) is 103 cm³/mol. The second kappa shape index (κ2) is 21.5. The average molecular weight is 347 g/mol. The van der Waals surface area contributed by atoms with Gasteiger partial charge in [-0.25, -0.2) is 0 Å². The zero-order valence-corrected chi connectivity index (χ0v) is 16.3. The first-order valence-corrected chi connectivity index (χ1v) is 9.61. The van der Waals surface area contributed by atoms with Gasteiger partial charge in [0.05, 0.1) is 6.61 Å². The van der Waals surface area contributed by atoms with Crippen molar-refractivity contribution < 1.29 is 9.53 Å². The number of carbonyl (C=O) groups is 1. The molecule has 0 aliphatic rings. The summed E-state index contributed by atoms with van der Waals surface area (Å²) < 4.78 is 4.91. The third-order valence-electron chi connectivity index (χ3n) is 3.95. The Hall–Kier alpha value is -0.500. The quantitative estimate of drug-likeness (QED) is 0.171. The van der Waals surface area contributed by atoms with Gasteiger partial charge in [0.25, 0.3) is 0 Å². The summed E-state index contributed by atoms with van der Waals surface area (Å²) in [5.41, 5.74) is 0. The number of unbranched alkanes of at least 4 members (excludes halogenated alkanes) is 11. The van der Waals surface area contributed by atoms with Gasteiger partial charge in [0.1, 0.15) is 0 Å². The molecule has 0 fully saturated rings. The molecule has 0 radical (unpaired) electrons. The van der Waals surface area contributed by atoms with Crippen LogP contribution in [0.1, 0.15) is 104 Å². The van der Waals surface area contributed by atoms with Crippen LogP contribution in [0.2, 0.25) is 0 Å². The van der Waals surface area contributed by atoms with Gasteiger partial charge >= 0.3 is 5.97 Å². The summed E-state index contributed by atoms with van der Waals surface area (Å²) in [6.45, 7) is 4.63. The van der Waals surface area contributed by atoms with Crippen LogP contribution in [0, 0.1) is 0 Å². The average Bonchev–Trinajstić information content (AvgIpc) is 2.51. The maximum absolute atomic E-state index is 11.1. The van der Waals surface area contributed by atoms with Crippen LogP contribution in [0.5, 0.6) is 0 Å². The van der Waals surface area contributed by atoms with Crippen LogP contribution in [0.25, 0.3) is 0 Å². The Morgan fingerprint density at radius 3 is 1.74 bits per heavy atom. The van der Waals surface area contributed by atoms with E-state index < -0.39 is 0 Å². The summed E-state index contributed by atoms with van der Waals surface area (Å²) in [5.74, 6) is -0.0415. The van der Waals surface area contributed by atoms with Crippen molar-refractivity contribution in [1.82, 2.24) is 0 Å². The molecule has 0 spiro atoms. The van der Waals surface area contributed by atoms with Crippen molar-refractivity contribution in [3.8, 4) is 0 Å². The highest BCUT2D eigenvalue weighted by molar-refractivity contribution is 5.85. The molecular weight excluding hydrogens is 308 g/mol. The standard InChI is InChI=1S/C20H38O2.ClH/c1-3-5-6-7-8-9-10-11-12-13-14-15-16-17-18-19-20(21)22-4-2;/h11-12H,3-10,13-19H2,1-2H3;1H/b12-11-;. The van der Waals surface area contributed by atoms with Gasteiger partial charge in [-0.3, -0.25) is 4.79 Å². The van der Waals surface area contributed by atoms with Crippen LogP contribution in [0.3, 0.4) is 0 Å². The van der Waals surface area contributed by atoms with E-state index in [4.69, 9.17) is 4.74 Å². The third-order valence-corrected chi connectivity index (χ3v) is 3.95. The zero-order chi connectivity index (χ0) is 16.3. The Balaban J connectivity index is 0. The molecular formula is C20H39ClO2. The minimum absolute atomic E-state index is 0. The Bertz CT molecular complexity index is 264. The summed E-state index contributed by atoms with van der Waals surface area (Å²) in [7, 11) is 0. The summed E-state index contributed by atoms with van der Waals surface area (Å²) >= 11 is 0. The highest BCUT2D eigenvalue weighted by Gasteiger charge is 2.00. The third kappa shape index (κ3) is 21.5. The molecule has 0 amide bonds. The summed E-state index contributed by atoms with van der Waals surface area (Å²) in [6, 6.07) is 0. The topological polar surface area (TPSA) is 26.3 Å². The van der Waals surface area contributed by atoms with Crippen LogP contribution in [-0.4, -0.2) is 12.6 Å². The number of allylic oxidation sites excluding steroid dienone is 2. The minimum atomic E-state index is -0.0415. The van der Waals surface area contributed by atoms with Crippen LogP contribution < -0.4 is 0 Å². The van der Waals surface area contributed by atoms with E-state index in [1.54, 1.807) is 0 Å². The normalized spacial score (nSPS) is 10.7. The van der Waals surface area contributed by atoms with E-state index in [9.17, 15) is 4.79 Å². The second-order valence-corrected chi connectivity index (χ2v) is 6.14. The molecule has 138 valence electrons. The lowest BCUT2D eigenvalue weighted by atomic mass is 10.1. The Kier molecular flexibility index (Phi) is 23.1. The van der Waals surface area contributed by atoms with Crippen molar-refractivity contribution >= 4 is 18.4 Å². The molecule has 3 heteroatoms. The summed E-state index contributed by atoms with van der Waals surface area (Å²) in [5, 5.41) is 0.